The molecule has 1 fully saturated rings. The number of aliphatic carboxylic acids is 1. The van der Waals surface area contributed by atoms with Gasteiger partial charge in [-0.3, -0.25) is 9.59 Å². The molecule has 1 amide bonds. The summed E-state index contributed by atoms with van der Waals surface area (Å²) in [6.45, 7) is 5.12. The minimum Gasteiger partial charge on any atom is -0.481 e. The molecule has 19 heavy (non-hydrogen) atoms. The van der Waals surface area contributed by atoms with Crippen LogP contribution in [0.2, 0.25) is 0 Å². The van der Waals surface area contributed by atoms with E-state index in [0.29, 0.717) is 13.0 Å². The average molecular weight is 291 g/mol. The number of amides is 1. The van der Waals surface area contributed by atoms with Crippen molar-refractivity contribution < 1.29 is 23.1 Å². The zero-order valence-electron chi connectivity index (χ0n) is 11.7. The fourth-order valence-electron chi connectivity index (χ4n) is 2.24. The Hall–Kier alpha value is -1.11. The third kappa shape index (κ3) is 3.08. The molecule has 0 aliphatic carbocycles. The van der Waals surface area contributed by atoms with Gasteiger partial charge in [-0.15, -0.1) is 0 Å². The van der Waals surface area contributed by atoms with Crippen molar-refractivity contribution in [2.45, 2.75) is 31.9 Å². The zero-order valence-corrected chi connectivity index (χ0v) is 12.5. The van der Waals surface area contributed by atoms with Gasteiger partial charge in [0, 0.05) is 19.3 Å². The minimum atomic E-state index is -3.51. The first-order valence-corrected chi connectivity index (χ1v) is 8.09. The molecule has 0 aromatic carbocycles. The molecule has 0 aromatic heterocycles. The molecule has 110 valence electrons. The second kappa shape index (κ2) is 5.11. The van der Waals surface area contributed by atoms with Crippen molar-refractivity contribution in [3.63, 3.8) is 0 Å². The largest absolute Gasteiger partial charge is 0.481 e. The van der Waals surface area contributed by atoms with Gasteiger partial charge in [-0.25, -0.2) is 8.42 Å². The lowest BCUT2D eigenvalue weighted by Crippen LogP contribution is -2.54. The standard InChI is InChI=1S/C12H21NO5S/c1-8-7-13(6-5-9(8)10(14)15)11(16)12(2,3)19(4,17)18/h8-9H,5-7H2,1-4H3,(H,14,15). The highest BCUT2D eigenvalue weighted by Gasteiger charge is 2.43. The van der Waals surface area contributed by atoms with Gasteiger partial charge in [0.05, 0.1) is 5.92 Å². The number of likely N-dealkylation sites (tertiary alicyclic amines) is 1. The molecular formula is C12H21NO5S. The molecule has 1 aliphatic rings. The summed E-state index contributed by atoms with van der Waals surface area (Å²) in [5.74, 6) is -1.95. The summed E-state index contributed by atoms with van der Waals surface area (Å²) in [6, 6.07) is 0. The number of piperidine rings is 1. The van der Waals surface area contributed by atoms with Gasteiger partial charge in [0.2, 0.25) is 5.91 Å². The lowest BCUT2D eigenvalue weighted by Gasteiger charge is -2.38. The number of carboxylic acid groups (broad SMARTS) is 1. The lowest BCUT2D eigenvalue weighted by atomic mass is 9.86. The summed E-state index contributed by atoms with van der Waals surface area (Å²) in [7, 11) is -3.51. The first kappa shape index (κ1) is 15.9. The molecule has 1 N–H and O–H groups in total. The second-order valence-electron chi connectivity index (χ2n) is 5.74. The maximum Gasteiger partial charge on any atom is 0.306 e. The SMILES string of the molecule is CC1CN(C(=O)C(C)(C)S(C)(=O)=O)CCC1C(=O)O. The molecule has 7 heteroatoms. The van der Waals surface area contributed by atoms with E-state index in [1.807, 2.05) is 0 Å². The molecule has 0 saturated carbocycles. The van der Waals surface area contributed by atoms with Gasteiger partial charge < -0.3 is 10.0 Å². The van der Waals surface area contributed by atoms with E-state index in [2.05, 4.69) is 0 Å². The lowest BCUT2D eigenvalue weighted by molar-refractivity contribution is -0.148. The molecule has 1 rings (SSSR count). The van der Waals surface area contributed by atoms with E-state index in [0.717, 1.165) is 6.26 Å². The van der Waals surface area contributed by atoms with Crippen LogP contribution >= 0.6 is 0 Å². The van der Waals surface area contributed by atoms with Crippen LogP contribution in [0.25, 0.3) is 0 Å². The number of carbonyl (C=O) groups is 2. The van der Waals surface area contributed by atoms with Crippen molar-refractivity contribution in [1.29, 1.82) is 0 Å². The quantitative estimate of drug-likeness (QED) is 0.811. The van der Waals surface area contributed by atoms with Crippen LogP contribution < -0.4 is 0 Å². The Labute approximate surface area is 113 Å². The summed E-state index contributed by atoms with van der Waals surface area (Å²) in [5.41, 5.74) is 0. The highest BCUT2D eigenvalue weighted by atomic mass is 32.2. The Kier molecular flexibility index (Phi) is 4.29. The number of sulfone groups is 1. The predicted molar refractivity (Wildman–Crippen MR) is 70.4 cm³/mol. The normalized spacial score (nSPS) is 25.2. The van der Waals surface area contributed by atoms with Gasteiger partial charge in [0.15, 0.2) is 9.84 Å². The van der Waals surface area contributed by atoms with Crippen LogP contribution in [0.1, 0.15) is 27.2 Å². The topological polar surface area (TPSA) is 91.8 Å². The Morgan fingerprint density at radius 2 is 1.84 bits per heavy atom. The van der Waals surface area contributed by atoms with E-state index >= 15 is 0 Å². The van der Waals surface area contributed by atoms with Crippen molar-refractivity contribution in [3.8, 4) is 0 Å². The van der Waals surface area contributed by atoms with Crippen molar-refractivity contribution in [2.75, 3.05) is 19.3 Å². The summed E-state index contributed by atoms with van der Waals surface area (Å²) in [4.78, 5) is 24.7. The maximum absolute atomic E-state index is 12.3. The molecule has 2 unspecified atom stereocenters. The maximum atomic E-state index is 12.3. The summed E-state index contributed by atoms with van der Waals surface area (Å²) < 4.78 is 21.8. The first-order valence-electron chi connectivity index (χ1n) is 6.20. The molecule has 0 radical (unpaired) electrons. The van der Waals surface area contributed by atoms with Gasteiger partial charge in [-0.1, -0.05) is 6.92 Å². The molecule has 6 nitrogen and oxygen atoms in total. The van der Waals surface area contributed by atoms with Crippen molar-refractivity contribution in [2.24, 2.45) is 11.8 Å². The van der Waals surface area contributed by atoms with Gasteiger partial charge in [0.25, 0.3) is 0 Å². The average Bonchev–Trinajstić information content (AvgIpc) is 2.25. The third-order valence-corrected chi connectivity index (χ3v) is 5.98. The zero-order chi connectivity index (χ0) is 15.0. The Morgan fingerprint density at radius 1 is 1.32 bits per heavy atom. The van der Waals surface area contributed by atoms with E-state index in [9.17, 15) is 18.0 Å². The molecule has 1 aliphatic heterocycles. The molecular weight excluding hydrogens is 270 g/mol. The molecule has 0 bridgehead atoms. The van der Waals surface area contributed by atoms with E-state index in [1.54, 1.807) is 6.92 Å². The van der Waals surface area contributed by atoms with Gasteiger partial charge in [-0.05, 0) is 26.2 Å². The Balaban J connectivity index is 2.86. The van der Waals surface area contributed by atoms with Crippen LogP contribution in [0, 0.1) is 11.8 Å². The number of carboxylic acids is 1. The second-order valence-corrected chi connectivity index (χ2v) is 8.31. The van der Waals surface area contributed by atoms with Gasteiger partial charge >= 0.3 is 5.97 Å². The molecule has 1 heterocycles. The summed E-state index contributed by atoms with van der Waals surface area (Å²) in [6.07, 6.45) is 1.40. The van der Waals surface area contributed by atoms with Crippen LogP contribution in [0.15, 0.2) is 0 Å². The number of hydrogen-bond acceptors (Lipinski definition) is 4. The Bertz CT molecular complexity index is 482. The van der Waals surface area contributed by atoms with E-state index in [-0.39, 0.29) is 12.5 Å². The number of hydrogen-bond donors (Lipinski definition) is 1. The highest BCUT2D eigenvalue weighted by molar-refractivity contribution is 7.92. The van der Waals surface area contributed by atoms with Crippen LogP contribution in [0.3, 0.4) is 0 Å². The van der Waals surface area contributed by atoms with E-state index < -0.39 is 32.4 Å². The first-order chi connectivity index (χ1) is 8.48. The fraction of sp³-hybridized carbons (Fsp3) is 0.833. The van der Waals surface area contributed by atoms with E-state index in [4.69, 9.17) is 5.11 Å². The smallest absolute Gasteiger partial charge is 0.306 e. The molecule has 0 spiro atoms. The van der Waals surface area contributed by atoms with Gasteiger partial charge in [0.1, 0.15) is 4.75 Å². The van der Waals surface area contributed by atoms with E-state index in [1.165, 1.54) is 18.7 Å². The minimum absolute atomic E-state index is 0.175. The molecule has 2 atom stereocenters. The molecule has 0 aromatic rings. The van der Waals surface area contributed by atoms with Crippen LogP contribution in [-0.4, -0.2) is 54.4 Å². The third-order valence-electron chi connectivity index (χ3n) is 3.95. The van der Waals surface area contributed by atoms with Crippen LogP contribution in [-0.2, 0) is 19.4 Å². The number of rotatable bonds is 3. The van der Waals surface area contributed by atoms with Crippen molar-refractivity contribution >= 4 is 21.7 Å². The highest BCUT2D eigenvalue weighted by Crippen LogP contribution is 2.27. The van der Waals surface area contributed by atoms with Crippen molar-refractivity contribution in [1.82, 2.24) is 4.90 Å². The van der Waals surface area contributed by atoms with Crippen LogP contribution in [0.5, 0.6) is 0 Å². The Morgan fingerprint density at radius 3 is 2.21 bits per heavy atom. The summed E-state index contributed by atoms with van der Waals surface area (Å²) >= 11 is 0. The van der Waals surface area contributed by atoms with Crippen LogP contribution in [0.4, 0.5) is 0 Å². The predicted octanol–water partition coefficient (Wildman–Crippen LogP) is 0.379. The summed E-state index contributed by atoms with van der Waals surface area (Å²) in [5, 5.41) is 9.02. The fourth-order valence-corrected chi connectivity index (χ4v) is 2.68. The molecule has 1 saturated heterocycles. The number of carbonyl (C=O) groups excluding carboxylic acids is 1. The van der Waals surface area contributed by atoms with Gasteiger partial charge in [-0.2, -0.15) is 0 Å². The number of nitrogens with zero attached hydrogens (tertiary/aromatic N) is 1. The van der Waals surface area contributed by atoms with Crippen molar-refractivity contribution in [3.05, 3.63) is 0 Å². The monoisotopic (exact) mass is 291 g/mol.